The molecule has 0 aromatic carbocycles. The SMILES string of the molecule is CNCc1c(Br)n(C)[nH]c1=O. The number of hydrogen-bond donors (Lipinski definition) is 2. The minimum Gasteiger partial charge on any atom is -0.315 e. The van der Waals surface area contributed by atoms with Crippen molar-refractivity contribution >= 4 is 15.9 Å². The van der Waals surface area contributed by atoms with E-state index in [-0.39, 0.29) is 5.56 Å². The van der Waals surface area contributed by atoms with E-state index in [2.05, 4.69) is 26.3 Å². The van der Waals surface area contributed by atoms with Crippen LogP contribution in [0.3, 0.4) is 0 Å². The minimum atomic E-state index is -0.0475. The highest BCUT2D eigenvalue weighted by molar-refractivity contribution is 9.10. The van der Waals surface area contributed by atoms with Crippen LogP contribution in [0.5, 0.6) is 0 Å². The molecule has 0 atom stereocenters. The summed E-state index contributed by atoms with van der Waals surface area (Å²) >= 11 is 3.29. The van der Waals surface area contributed by atoms with E-state index in [9.17, 15) is 4.79 Å². The number of halogens is 1. The van der Waals surface area contributed by atoms with Gasteiger partial charge < -0.3 is 5.32 Å². The Hall–Kier alpha value is -0.550. The summed E-state index contributed by atoms with van der Waals surface area (Å²) in [5, 5.41) is 5.55. The van der Waals surface area contributed by atoms with E-state index < -0.39 is 0 Å². The summed E-state index contributed by atoms with van der Waals surface area (Å²) in [5.74, 6) is 0. The zero-order valence-corrected chi connectivity index (χ0v) is 8.03. The van der Waals surface area contributed by atoms with Crippen molar-refractivity contribution < 1.29 is 0 Å². The van der Waals surface area contributed by atoms with Gasteiger partial charge in [-0.15, -0.1) is 0 Å². The van der Waals surface area contributed by atoms with Crippen LogP contribution in [-0.4, -0.2) is 16.8 Å². The van der Waals surface area contributed by atoms with Crippen molar-refractivity contribution in [3.8, 4) is 0 Å². The molecular weight excluding hydrogens is 210 g/mol. The molecule has 11 heavy (non-hydrogen) atoms. The highest BCUT2D eigenvalue weighted by Crippen LogP contribution is 2.09. The Balaban J connectivity index is 3.12. The summed E-state index contributed by atoms with van der Waals surface area (Å²) in [5.41, 5.74) is 0.684. The summed E-state index contributed by atoms with van der Waals surface area (Å²) in [6.45, 7) is 0.580. The Morgan fingerprint density at radius 1 is 1.73 bits per heavy atom. The van der Waals surface area contributed by atoms with E-state index in [1.165, 1.54) is 0 Å². The summed E-state index contributed by atoms with van der Waals surface area (Å²) in [6.07, 6.45) is 0. The van der Waals surface area contributed by atoms with Crippen LogP contribution < -0.4 is 10.9 Å². The van der Waals surface area contributed by atoms with Crippen LogP contribution in [0.25, 0.3) is 0 Å². The second-order valence-corrected chi connectivity index (χ2v) is 3.05. The first-order valence-electron chi connectivity index (χ1n) is 3.24. The fourth-order valence-corrected chi connectivity index (χ4v) is 1.30. The molecule has 0 aliphatic heterocycles. The molecule has 1 aromatic rings. The largest absolute Gasteiger partial charge is 0.315 e. The van der Waals surface area contributed by atoms with Crippen LogP contribution in [0.4, 0.5) is 0 Å². The molecule has 2 N–H and O–H groups in total. The molecular formula is C6H10BrN3O. The van der Waals surface area contributed by atoms with Crippen LogP contribution in [0, 0.1) is 0 Å². The highest BCUT2D eigenvalue weighted by Gasteiger charge is 2.07. The molecule has 0 fully saturated rings. The van der Waals surface area contributed by atoms with Gasteiger partial charge in [0.15, 0.2) is 0 Å². The number of aromatic nitrogens is 2. The van der Waals surface area contributed by atoms with E-state index in [0.29, 0.717) is 6.54 Å². The molecule has 0 aliphatic carbocycles. The van der Waals surface area contributed by atoms with Crippen molar-refractivity contribution in [1.82, 2.24) is 15.1 Å². The number of aryl methyl sites for hydroxylation is 1. The smallest absolute Gasteiger partial charge is 0.269 e. The quantitative estimate of drug-likeness (QED) is 0.747. The van der Waals surface area contributed by atoms with Crippen LogP contribution in [0.2, 0.25) is 0 Å². The summed E-state index contributed by atoms with van der Waals surface area (Å²) in [6, 6.07) is 0. The lowest BCUT2D eigenvalue weighted by molar-refractivity contribution is 0.737. The lowest BCUT2D eigenvalue weighted by Crippen LogP contribution is -2.14. The fourth-order valence-electron chi connectivity index (χ4n) is 0.895. The third-order valence-corrected chi connectivity index (χ3v) is 2.45. The van der Waals surface area contributed by atoms with Crippen molar-refractivity contribution in [2.75, 3.05) is 7.05 Å². The molecule has 0 saturated carbocycles. The van der Waals surface area contributed by atoms with Gasteiger partial charge in [0.2, 0.25) is 0 Å². The van der Waals surface area contributed by atoms with Crippen molar-refractivity contribution in [2.24, 2.45) is 7.05 Å². The number of aromatic amines is 1. The third-order valence-electron chi connectivity index (χ3n) is 1.44. The van der Waals surface area contributed by atoms with Gasteiger partial charge in [-0.2, -0.15) is 0 Å². The van der Waals surface area contributed by atoms with Gasteiger partial charge >= 0.3 is 0 Å². The predicted octanol–water partition coefficient (Wildman–Crippen LogP) is 0.195. The number of H-pyrrole nitrogens is 1. The van der Waals surface area contributed by atoms with Crippen molar-refractivity contribution in [3.05, 3.63) is 20.5 Å². The van der Waals surface area contributed by atoms with E-state index in [4.69, 9.17) is 0 Å². The summed E-state index contributed by atoms with van der Waals surface area (Å²) in [4.78, 5) is 11.1. The molecule has 0 radical (unpaired) electrons. The van der Waals surface area contributed by atoms with Gasteiger partial charge in [0.05, 0.1) is 5.56 Å². The van der Waals surface area contributed by atoms with Gasteiger partial charge in [-0.05, 0) is 23.0 Å². The third kappa shape index (κ3) is 1.54. The topological polar surface area (TPSA) is 49.8 Å². The maximum atomic E-state index is 11.1. The average molecular weight is 220 g/mol. The van der Waals surface area contributed by atoms with Gasteiger partial charge in [-0.3, -0.25) is 14.6 Å². The zero-order chi connectivity index (χ0) is 8.43. The first-order valence-corrected chi connectivity index (χ1v) is 4.04. The Morgan fingerprint density at radius 2 is 2.36 bits per heavy atom. The van der Waals surface area contributed by atoms with Crippen molar-refractivity contribution in [1.29, 1.82) is 0 Å². The Morgan fingerprint density at radius 3 is 2.73 bits per heavy atom. The molecule has 62 valence electrons. The van der Waals surface area contributed by atoms with Crippen LogP contribution in [-0.2, 0) is 13.6 Å². The Bertz CT molecular complexity index is 301. The van der Waals surface area contributed by atoms with Gasteiger partial charge in [0, 0.05) is 13.6 Å². The Kier molecular flexibility index (Phi) is 2.51. The molecule has 5 heteroatoms. The normalized spacial score (nSPS) is 10.5. The molecule has 0 saturated heterocycles. The molecule has 1 heterocycles. The summed E-state index contributed by atoms with van der Waals surface area (Å²) < 4.78 is 2.45. The minimum absolute atomic E-state index is 0.0475. The van der Waals surface area contributed by atoms with E-state index in [0.717, 1.165) is 10.2 Å². The summed E-state index contributed by atoms with van der Waals surface area (Å²) in [7, 11) is 3.59. The zero-order valence-electron chi connectivity index (χ0n) is 6.44. The maximum absolute atomic E-state index is 11.1. The number of hydrogen-bond acceptors (Lipinski definition) is 2. The molecule has 0 spiro atoms. The number of nitrogens with zero attached hydrogens (tertiary/aromatic N) is 1. The number of nitrogens with one attached hydrogen (secondary N) is 2. The van der Waals surface area contributed by atoms with Crippen molar-refractivity contribution in [2.45, 2.75) is 6.54 Å². The molecule has 0 bridgehead atoms. The van der Waals surface area contributed by atoms with Crippen LogP contribution in [0.1, 0.15) is 5.56 Å². The average Bonchev–Trinajstić information content (AvgIpc) is 2.17. The monoisotopic (exact) mass is 219 g/mol. The van der Waals surface area contributed by atoms with Gasteiger partial charge in [-0.25, -0.2) is 0 Å². The van der Waals surface area contributed by atoms with E-state index in [1.807, 2.05) is 0 Å². The van der Waals surface area contributed by atoms with Gasteiger partial charge in [0.25, 0.3) is 5.56 Å². The fraction of sp³-hybridized carbons (Fsp3) is 0.500. The van der Waals surface area contributed by atoms with Crippen LogP contribution in [0.15, 0.2) is 9.40 Å². The van der Waals surface area contributed by atoms with Gasteiger partial charge in [0.1, 0.15) is 4.60 Å². The molecule has 0 amide bonds. The first-order chi connectivity index (χ1) is 5.16. The lowest BCUT2D eigenvalue weighted by atomic mass is 10.3. The standard InChI is InChI=1S/C6H10BrN3O/c1-8-3-4-5(7)10(2)9-6(4)11/h8H,3H2,1-2H3,(H,9,11). The second kappa shape index (κ2) is 3.23. The first kappa shape index (κ1) is 8.55. The molecule has 0 aliphatic rings. The van der Waals surface area contributed by atoms with E-state index in [1.54, 1.807) is 18.8 Å². The highest BCUT2D eigenvalue weighted by atomic mass is 79.9. The molecule has 1 rings (SSSR count). The van der Waals surface area contributed by atoms with E-state index >= 15 is 0 Å². The molecule has 4 nitrogen and oxygen atoms in total. The lowest BCUT2D eigenvalue weighted by Gasteiger charge is -1.95. The molecule has 0 unspecified atom stereocenters. The molecule has 1 aromatic heterocycles. The van der Waals surface area contributed by atoms with Crippen molar-refractivity contribution in [3.63, 3.8) is 0 Å². The maximum Gasteiger partial charge on any atom is 0.269 e. The van der Waals surface area contributed by atoms with Gasteiger partial charge in [-0.1, -0.05) is 0 Å². The predicted molar refractivity (Wildman–Crippen MR) is 46.5 cm³/mol. The number of rotatable bonds is 2. The Labute approximate surface area is 72.7 Å². The second-order valence-electron chi connectivity index (χ2n) is 2.30. The van der Waals surface area contributed by atoms with Crippen LogP contribution >= 0.6 is 15.9 Å².